The largest absolute Gasteiger partial charge is 0.411 e. The van der Waals surface area contributed by atoms with Gasteiger partial charge in [0.15, 0.2) is 0 Å². The number of aryl methyl sites for hydroxylation is 1. The molecule has 152 valence electrons. The number of fused-ring (bicyclic) bond motifs is 3. The molecule has 6 heteroatoms. The van der Waals surface area contributed by atoms with E-state index in [0.29, 0.717) is 11.6 Å². The van der Waals surface area contributed by atoms with E-state index in [2.05, 4.69) is 16.6 Å². The molecule has 2 aromatic carbocycles. The van der Waals surface area contributed by atoms with E-state index in [-0.39, 0.29) is 10.6 Å². The summed E-state index contributed by atoms with van der Waals surface area (Å²) < 4.78 is 2.16. The second-order valence-corrected chi connectivity index (χ2v) is 8.02. The first kappa shape index (κ1) is 19.4. The lowest BCUT2D eigenvalue weighted by atomic mass is 9.85. The van der Waals surface area contributed by atoms with E-state index >= 15 is 0 Å². The van der Waals surface area contributed by atoms with Crippen LogP contribution in [0.2, 0.25) is 0 Å². The lowest BCUT2D eigenvalue weighted by molar-refractivity contribution is -0.384. The molecule has 1 heterocycles. The molecule has 0 amide bonds. The summed E-state index contributed by atoms with van der Waals surface area (Å²) >= 11 is 0. The number of non-ortho nitro benzene ring substituents is 1. The minimum atomic E-state index is -0.358. The highest BCUT2D eigenvalue weighted by molar-refractivity contribution is 6.12. The molecule has 0 unspecified atom stereocenters. The summed E-state index contributed by atoms with van der Waals surface area (Å²) in [7, 11) is 0. The summed E-state index contributed by atoms with van der Waals surface area (Å²) in [4.78, 5) is 10.9. The van der Waals surface area contributed by atoms with E-state index in [1.165, 1.54) is 32.1 Å². The van der Waals surface area contributed by atoms with E-state index in [9.17, 15) is 15.3 Å². The third kappa shape index (κ3) is 3.71. The Hall–Kier alpha value is -2.89. The smallest absolute Gasteiger partial charge is 0.270 e. The number of rotatable bonds is 6. The van der Waals surface area contributed by atoms with Crippen molar-refractivity contribution < 1.29 is 10.1 Å². The van der Waals surface area contributed by atoms with Crippen LogP contribution in [0.1, 0.15) is 57.4 Å². The molecule has 29 heavy (non-hydrogen) atoms. The Morgan fingerprint density at radius 1 is 1.14 bits per heavy atom. The molecule has 0 saturated heterocycles. The average Bonchev–Trinajstić information content (AvgIpc) is 3.07. The van der Waals surface area contributed by atoms with Gasteiger partial charge in [-0.05, 0) is 43.9 Å². The summed E-state index contributed by atoms with van der Waals surface area (Å²) in [6.45, 7) is 2.85. The minimum Gasteiger partial charge on any atom is -0.411 e. The van der Waals surface area contributed by atoms with Crippen LogP contribution in [0.3, 0.4) is 0 Å². The highest BCUT2D eigenvalue weighted by Gasteiger charge is 2.18. The van der Waals surface area contributed by atoms with Crippen molar-refractivity contribution in [3.8, 4) is 0 Å². The van der Waals surface area contributed by atoms with Gasteiger partial charge in [-0.25, -0.2) is 0 Å². The Labute approximate surface area is 170 Å². The summed E-state index contributed by atoms with van der Waals surface area (Å²) in [5.74, 6) is 0.717. The Balaban J connectivity index is 1.72. The monoisotopic (exact) mass is 393 g/mol. The van der Waals surface area contributed by atoms with Crippen molar-refractivity contribution in [3.05, 3.63) is 52.1 Å². The van der Waals surface area contributed by atoms with Crippen LogP contribution in [-0.4, -0.2) is 20.4 Å². The molecule has 4 rings (SSSR count). The van der Waals surface area contributed by atoms with Crippen LogP contribution in [0.4, 0.5) is 5.69 Å². The number of hydrogen-bond acceptors (Lipinski definition) is 4. The average molecular weight is 393 g/mol. The van der Waals surface area contributed by atoms with Gasteiger partial charge in [0.2, 0.25) is 0 Å². The van der Waals surface area contributed by atoms with Gasteiger partial charge in [-0.15, -0.1) is 0 Å². The zero-order chi connectivity index (χ0) is 20.4. The Morgan fingerprint density at radius 3 is 2.48 bits per heavy atom. The number of nitro benzene ring substituents is 1. The zero-order valence-corrected chi connectivity index (χ0v) is 16.8. The molecule has 1 aliphatic rings. The highest BCUT2D eigenvalue weighted by Crippen LogP contribution is 2.33. The number of nitrogens with zero attached hydrogens (tertiary/aromatic N) is 3. The van der Waals surface area contributed by atoms with Gasteiger partial charge < -0.3 is 9.77 Å². The first-order chi connectivity index (χ1) is 14.1. The molecule has 1 saturated carbocycles. The molecule has 0 aliphatic heterocycles. The maximum atomic E-state index is 11.3. The van der Waals surface area contributed by atoms with Gasteiger partial charge in [0, 0.05) is 46.0 Å². The van der Waals surface area contributed by atoms with Crippen molar-refractivity contribution in [2.45, 2.75) is 58.4 Å². The van der Waals surface area contributed by atoms with E-state index in [1.807, 2.05) is 24.3 Å². The van der Waals surface area contributed by atoms with Crippen LogP contribution >= 0.6 is 0 Å². The standard InChI is InChI=1S/C23H27N3O3/c1-2-25-22-12-9-17(21(24-27)11-8-16-6-4-3-5-7-16)14-19(22)20-15-18(26(28)29)10-13-23(20)25/h9-10,12-16,27H,2-8,11H2,1H3/b24-21+. The molecule has 1 aliphatic carbocycles. The number of hydrogen-bond donors (Lipinski definition) is 1. The fraction of sp³-hybridized carbons (Fsp3) is 0.435. The van der Waals surface area contributed by atoms with Crippen molar-refractivity contribution in [2.75, 3.05) is 0 Å². The van der Waals surface area contributed by atoms with E-state index in [1.54, 1.807) is 12.1 Å². The van der Waals surface area contributed by atoms with Gasteiger partial charge >= 0.3 is 0 Å². The Kier molecular flexibility index (Phi) is 5.51. The topological polar surface area (TPSA) is 80.7 Å². The van der Waals surface area contributed by atoms with Crippen molar-refractivity contribution in [1.82, 2.24) is 4.57 Å². The van der Waals surface area contributed by atoms with Crippen LogP contribution in [0.15, 0.2) is 41.6 Å². The van der Waals surface area contributed by atoms with Gasteiger partial charge in [-0.2, -0.15) is 0 Å². The second kappa shape index (κ2) is 8.23. The third-order valence-electron chi connectivity index (χ3n) is 6.34. The van der Waals surface area contributed by atoms with Gasteiger partial charge in [0.05, 0.1) is 10.6 Å². The SMILES string of the molecule is CCn1c2ccc(/C(CCC3CCCCC3)=N/O)cc2c2cc([N+](=O)[O-])ccc21. The molecule has 1 N–H and O–H groups in total. The lowest BCUT2D eigenvalue weighted by Gasteiger charge is -2.21. The maximum Gasteiger partial charge on any atom is 0.270 e. The van der Waals surface area contributed by atoms with Gasteiger partial charge in [-0.3, -0.25) is 10.1 Å². The second-order valence-electron chi connectivity index (χ2n) is 8.02. The van der Waals surface area contributed by atoms with Crippen LogP contribution in [0.25, 0.3) is 21.8 Å². The predicted octanol–water partition coefficient (Wildman–Crippen LogP) is 6.26. The Bertz CT molecular complexity index is 1080. The normalized spacial score (nSPS) is 16.0. The molecule has 3 aromatic rings. The quantitative estimate of drug-likeness (QED) is 0.232. The van der Waals surface area contributed by atoms with Crippen molar-refractivity contribution in [1.29, 1.82) is 0 Å². The predicted molar refractivity (Wildman–Crippen MR) is 116 cm³/mol. The molecule has 0 radical (unpaired) electrons. The summed E-state index contributed by atoms with van der Waals surface area (Å²) in [5.41, 5.74) is 3.69. The molecule has 1 aromatic heterocycles. The van der Waals surface area contributed by atoms with Crippen LogP contribution in [0.5, 0.6) is 0 Å². The van der Waals surface area contributed by atoms with Crippen molar-refractivity contribution >= 4 is 33.2 Å². The molecule has 0 bridgehead atoms. The Morgan fingerprint density at radius 2 is 1.83 bits per heavy atom. The van der Waals surface area contributed by atoms with Crippen LogP contribution < -0.4 is 0 Å². The molecule has 0 spiro atoms. The minimum absolute atomic E-state index is 0.0893. The van der Waals surface area contributed by atoms with Gasteiger partial charge in [0.25, 0.3) is 5.69 Å². The van der Waals surface area contributed by atoms with Crippen LogP contribution in [0, 0.1) is 16.0 Å². The van der Waals surface area contributed by atoms with Gasteiger partial charge in [0.1, 0.15) is 0 Å². The summed E-state index contributed by atoms with van der Waals surface area (Å²) in [6.07, 6.45) is 8.27. The highest BCUT2D eigenvalue weighted by atomic mass is 16.6. The fourth-order valence-electron chi connectivity index (χ4n) is 4.79. The van der Waals surface area contributed by atoms with Crippen molar-refractivity contribution in [3.63, 3.8) is 0 Å². The first-order valence-corrected chi connectivity index (χ1v) is 10.5. The van der Waals surface area contributed by atoms with E-state index in [4.69, 9.17) is 0 Å². The summed E-state index contributed by atoms with van der Waals surface area (Å²) in [6, 6.07) is 11.1. The fourth-order valence-corrected chi connectivity index (χ4v) is 4.79. The molecule has 0 atom stereocenters. The van der Waals surface area contributed by atoms with E-state index < -0.39 is 0 Å². The molecule has 6 nitrogen and oxygen atoms in total. The number of oxime groups is 1. The third-order valence-corrected chi connectivity index (χ3v) is 6.34. The zero-order valence-electron chi connectivity index (χ0n) is 16.8. The van der Waals surface area contributed by atoms with Crippen molar-refractivity contribution in [2.24, 2.45) is 11.1 Å². The summed E-state index contributed by atoms with van der Waals surface area (Å²) in [5, 5.41) is 26.3. The maximum absolute atomic E-state index is 11.3. The number of benzene rings is 2. The lowest BCUT2D eigenvalue weighted by Crippen LogP contribution is -2.10. The molecule has 1 fully saturated rings. The first-order valence-electron chi connectivity index (χ1n) is 10.5. The van der Waals surface area contributed by atoms with E-state index in [0.717, 1.165) is 46.8 Å². The number of aromatic nitrogens is 1. The van der Waals surface area contributed by atoms with Crippen LogP contribution in [-0.2, 0) is 6.54 Å². The molecular weight excluding hydrogens is 366 g/mol. The number of nitro groups is 1. The molecular formula is C23H27N3O3. The van der Waals surface area contributed by atoms with Gasteiger partial charge in [-0.1, -0.05) is 43.3 Å².